The minimum Gasteiger partial charge on any atom is -0.292 e. The highest BCUT2D eigenvalue weighted by molar-refractivity contribution is 6.23. The number of hydrogen-bond acceptors (Lipinski definition) is 4. The quantitative estimate of drug-likeness (QED) is 0.685. The summed E-state index contributed by atoms with van der Waals surface area (Å²) in [6, 6.07) is 9.23. The van der Waals surface area contributed by atoms with Gasteiger partial charge in [0.2, 0.25) is 0 Å². The van der Waals surface area contributed by atoms with Crippen LogP contribution in [0.5, 0.6) is 0 Å². The van der Waals surface area contributed by atoms with Crippen LogP contribution in [-0.2, 0) is 4.79 Å². The summed E-state index contributed by atoms with van der Waals surface area (Å²) in [6.45, 7) is 7.88. The van der Waals surface area contributed by atoms with Crippen molar-refractivity contribution in [2.24, 2.45) is 16.8 Å². The average Bonchev–Trinajstić information content (AvgIpc) is 3.09. The molecule has 3 heterocycles. The summed E-state index contributed by atoms with van der Waals surface area (Å²) < 4.78 is 2.06. The molecule has 4 rings (SSSR count). The first-order chi connectivity index (χ1) is 14.8. The van der Waals surface area contributed by atoms with Gasteiger partial charge < -0.3 is 0 Å². The molecule has 1 aromatic carbocycles. The Balaban J connectivity index is 1.63. The summed E-state index contributed by atoms with van der Waals surface area (Å²) in [4.78, 5) is 35.5. The lowest BCUT2D eigenvalue weighted by atomic mass is 9.92. The van der Waals surface area contributed by atoms with Crippen LogP contribution in [0.15, 0.2) is 41.4 Å². The number of benzene rings is 1. The molecule has 0 bridgehead atoms. The molecule has 7 heteroatoms. The van der Waals surface area contributed by atoms with Crippen LogP contribution < -0.4 is 0 Å². The summed E-state index contributed by atoms with van der Waals surface area (Å²) in [5.74, 6) is 2.47. The molecule has 3 aliphatic rings. The maximum atomic E-state index is 13.1. The molecule has 31 heavy (non-hydrogen) atoms. The van der Waals surface area contributed by atoms with Crippen molar-refractivity contribution in [2.45, 2.75) is 26.3 Å². The van der Waals surface area contributed by atoms with Gasteiger partial charge in [0.25, 0.3) is 17.8 Å². The normalized spacial score (nSPS) is 27.4. The highest BCUT2D eigenvalue weighted by atomic mass is 16.2. The number of piperidine rings is 1. The van der Waals surface area contributed by atoms with Crippen molar-refractivity contribution in [1.82, 2.24) is 14.7 Å². The highest BCUT2D eigenvalue weighted by Crippen LogP contribution is 2.23. The molecule has 3 aliphatic heterocycles. The lowest BCUT2D eigenvalue weighted by Gasteiger charge is -2.33. The maximum absolute atomic E-state index is 13.1. The van der Waals surface area contributed by atoms with E-state index in [0.29, 0.717) is 30.8 Å². The summed E-state index contributed by atoms with van der Waals surface area (Å²) in [5.41, 5.74) is 1.11. The van der Waals surface area contributed by atoms with Crippen LogP contribution >= 0.6 is 0 Å². The second-order valence-corrected chi connectivity index (χ2v) is 9.13. The Morgan fingerprint density at radius 1 is 1.06 bits per heavy atom. The third-order valence-corrected chi connectivity index (χ3v) is 6.33. The Kier molecular flexibility index (Phi) is 6.05. The van der Waals surface area contributed by atoms with Gasteiger partial charge in [0.05, 0.1) is 0 Å². The molecule has 0 spiro atoms. The van der Waals surface area contributed by atoms with Gasteiger partial charge in [0.15, 0.2) is 0 Å². The van der Waals surface area contributed by atoms with E-state index in [4.69, 9.17) is 4.99 Å². The molecule has 7 nitrogen and oxygen atoms in total. The van der Waals surface area contributed by atoms with Gasteiger partial charge >= 0.3 is 11.9 Å². The fourth-order valence-corrected chi connectivity index (χ4v) is 4.97. The highest BCUT2D eigenvalue weighted by Gasteiger charge is 2.52. The third kappa shape index (κ3) is 4.32. The van der Waals surface area contributed by atoms with Crippen molar-refractivity contribution in [3.05, 3.63) is 42.0 Å². The zero-order valence-electron chi connectivity index (χ0n) is 18.9. The van der Waals surface area contributed by atoms with Gasteiger partial charge in [0.1, 0.15) is 13.1 Å². The van der Waals surface area contributed by atoms with Crippen LogP contribution in [0, 0.1) is 11.8 Å². The lowest BCUT2D eigenvalue weighted by molar-refractivity contribution is -0.526. The molecular formula is C24H32N5O2+. The van der Waals surface area contributed by atoms with Crippen LogP contribution in [0.25, 0.3) is 6.08 Å². The van der Waals surface area contributed by atoms with Gasteiger partial charge in [0, 0.05) is 27.2 Å². The topological polar surface area (TPSA) is 59.2 Å². The Hall–Kier alpha value is -2.80. The number of carbonyl (C=O) groups is 2. The fraction of sp³-hybridized carbons (Fsp3) is 0.500. The van der Waals surface area contributed by atoms with Crippen LogP contribution in [0.1, 0.15) is 25.8 Å². The Morgan fingerprint density at radius 3 is 2.42 bits per heavy atom. The summed E-state index contributed by atoms with van der Waals surface area (Å²) in [6.07, 6.45) is 5.37. The van der Waals surface area contributed by atoms with E-state index in [2.05, 4.69) is 47.6 Å². The number of likely N-dealkylation sites (N-methyl/N-ethyl adjacent to an activating group) is 2. The Morgan fingerprint density at radius 2 is 1.74 bits per heavy atom. The number of hydrogen-bond donors (Lipinski definition) is 0. The first-order valence-electron chi connectivity index (χ1n) is 11.1. The second kappa shape index (κ2) is 8.75. The third-order valence-electron chi connectivity index (χ3n) is 6.33. The molecule has 2 fully saturated rings. The standard InChI is InChI=1S/C24H32N5O2/c1-17-13-18(2)15-28(14-17)16-20-25-22-21(23(30)27(4)24(31)26(22)3)29(20)12-8-11-19-9-6-5-7-10-19/h5-11,17-18,21H,12-16H2,1-4H3/q+1/b11-8+. The SMILES string of the molecule is CC1CC(C)CN(CC2=[N+](C/C=C/c3ccccc3)C3C(=O)N(C)C(=O)N(C)C3=N2)C1. The maximum Gasteiger partial charge on any atom is 0.333 e. The van der Waals surface area contributed by atoms with Crippen molar-refractivity contribution in [3.63, 3.8) is 0 Å². The van der Waals surface area contributed by atoms with E-state index in [-0.39, 0.29) is 11.9 Å². The van der Waals surface area contributed by atoms with E-state index in [9.17, 15) is 9.59 Å². The van der Waals surface area contributed by atoms with Crippen molar-refractivity contribution in [2.75, 3.05) is 40.3 Å². The van der Waals surface area contributed by atoms with Crippen molar-refractivity contribution in [3.8, 4) is 0 Å². The van der Waals surface area contributed by atoms with Gasteiger partial charge in [-0.3, -0.25) is 19.5 Å². The Bertz CT molecular complexity index is 942. The molecule has 164 valence electrons. The summed E-state index contributed by atoms with van der Waals surface area (Å²) >= 11 is 0. The van der Waals surface area contributed by atoms with E-state index >= 15 is 0 Å². The van der Waals surface area contributed by atoms with Gasteiger partial charge in [-0.2, -0.15) is 0 Å². The monoisotopic (exact) mass is 422 g/mol. The number of imide groups is 1. The van der Waals surface area contributed by atoms with Gasteiger partial charge in [-0.25, -0.2) is 9.37 Å². The second-order valence-electron chi connectivity index (χ2n) is 9.13. The number of likely N-dealkylation sites (tertiary alicyclic amines) is 1. The fourth-order valence-electron chi connectivity index (χ4n) is 4.97. The Labute approximate surface area is 184 Å². The van der Waals surface area contributed by atoms with Crippen molar-refractivity contribution < 1.29 is 14.2 Å². The minimum atomic E-state index is -0.553. The molecule has 2 saturated heterocycles. The predicted molar refractivity (Wildman–Crippen MR) is 122 cm³/mol. The molecule has 3 amide bonds. The zero-order chi connectivity index (χ0) is 22.1. The average molecular weight is 423 g/mol. The number of fused-ring (bicyclic) bond motifs is 1. The lowest BCUT2D eigenvalue weighted by Crippen LogP contribution is -2.61. The predicted octanol–water partition coefficient (Wildman–Crippen LogP) is 2.39. The number of amides is 3. The van der Waals surface area contributed by atoms with E-state index in [0.717, 1.165) is 24.5 Å². The number of rotatable bonds is 5. The van der Waals surface area contributed by atoms with Crippen molar-refractivity contribution >= 4 is 29.7 Å². The van der Waals surface area contributed by atoms with Crippen LogP contribution in [0.4, 0.5) is 4.79 Å². The number of carbonyl (C=O) groups excluding carboxylic acids is 2. The largest absolute Gasteiger partial charge is 0.333 e. The molecule has 0 N–H and O–H groups in total. The number of nitrogens with zero attached hydrogens (tertiary/aromatic N) is 5. The van der Waals surface area contributed by atoms with Crippen LogP contribution in [0.2, 0.25) is 0 Å². The van der Waals surface area contributed by atoms with Gasteiger partial charge in [-0.05, 0) is 34.9 Å². The van der Waals surface area contributed by atoms with Gasteiger partial charge in [-0.1, -0.05) is 50.3 Å². The molecule has 3 unspecified atom stereocenters. The molecule has 0 saturated carbocycles. The van der Waals surface area contributed by atoms with Crippen molar-refractivity contribution in [1.29, 1.82) is 0 Å². The van der Waals surface area contributed by atoms with E-state index in [1.54, 1.807) is 14.1 Å². The van der Waals surface area contributed by atoms with Gasteiger partial charge in [-0.15, -0.1) is 0 Å². The minimum absolute atomic E-state index is 0.217. The van der Waals surface area contributed by atoms with E-state index in [1.807, 2.05) is 18.2 Å². The smallest absolute Gasteiger partial charge is 0.292 e. The molecule has 3 atom stereocenters. The molecule has 0 aliphatic carbocycles. The molecule has 0 radical (unpaired) electrons. The molecule has 1 aromatic rings. The molecule has 0 aromatic heterocycles. The zero-order valence-corrected chi connectivity index (χ0v) is 18.9. The number of aliphatic imine (C=N–C) groups is 1. The van der Waals surface area contributed by atoms with E-state index < -0.39 is 6.04 Å². The number of amidine groups is 2. The first kappa shape index (κ1) is 21.4. The van der Waals surface area contributed by atoms with Crippen LogP contribution in [0.3, 0.4) is 0 Å². The van der Waals surface area contributed by atoms with Crippen LogP contribution in [-0.4, -0.2) is 89.2 Å². The molecular weight excluding hydrogens is 390 g/mol. The summed E-state index contributed by atoms with van der Waals surface area (Å²) in [5, 5.41) is 0. The number of urea groups is 1. The summed E-state index contributed by atoms with van der Waals surface area (Å²) in [7, 11) is 3.24. The first-order valence-corrected chi connectivity index (χ1v) is 11.1. The van der Waals surface area contributed by atoms with E-state index in [1.165, 1.54) is 16.2 Å².